The monoisotopic (exact) mass is 264 g/mol. The van der Waals surface area contributed by atoms with E-state index in [4.69, 9.17) is 17.0 Å². The van der Waals surface area contributed by atoms with Crippen molar-refractivity contribution in [1.82, 2.24) is 5.32 Å². The Balaban J connectivity index is 2.00. The standard InChI is InChI=1S/C14H20N2OS/c1-16(12-8-5-9-13(10-12)17-2)14(18)15-11-6-3-4-7-11/h5,8-11H,3-4,6-7H2,1-2H3,(H,15,18). The van der Waals surface area contributed by atoms with Crippen LogP contribution in [0.4, 0.5) is 5.69 Å². The number of nitrogens with zero attached hydrogens (tertiary/aromatic N) is 1. The summed E-state index contributed by atoms with van der Waals surface area (Å²) in [6.45, 7) is 0. The van der Waals surface area contributed by atoms with Gasteiger partial charge in [0.05, 0.1) is 7.11 Å². The summed E-state index contributed by atoms with van der Waals surface area (Å²) in [6, 6.07) is 8.48. The van der Waals surface area contributed by atoms with Crippen molar-refractivity contribution in [3.63, 3.8) is 0 Å². The molecule has 1 fully saturated rings. The second-order valence-corrected chi connectivity index (χ2v) is 5.08. The Bertz CT molecular complexity index is 416. The lowest BCUT2D eigenvalue weighted by Gasteiger charge is -2.24. The summed E-state index contributed by atoms with van der Waals surface area (Å²) in [4.78, 5) is 2.00. The van der Waals surface area contributed by atoms with Gasteiger partial charge in [0.1, 0.15) is 5.75 Å². The molecular formula is C14H20N2OS. The number of hydrogen-bond acceptors (Lipinski definition) is 2. The molecule has 3 nitrogen and oxygen atoms in total. The van der Waals surface area contributed by atoms with Gasteiger partial charge >= 0.3 is 0 Å². The van der Waals surface area contributed by atoms with Crippen LogP contribution in [0.2, 0.25) is 0 Å². The zero-order chi connectivity index (χ0) is 13.0. The third kappa shape index (κ3) is 3.13. The number of benzene rings is 1. The van der Waals surface area contributed by atoms with Crippen molar-refractivity contribution in [1.29, 1.82) is 0 Å². The molecule has 2 rings (SSSR count). The van der Waals surface area contributed by atoms with Gasteiger partial charge in [-0.15, -0.1) is 0 Å². The van der Waals surface area contributed by atoms with Crippen LogP contribution in [0.3, 0.4) is 0 Å². The molecule has 0 aromatic heterocycles. The van der Waals surface area contributed by atoms with Crippen molar-refractivity contribution in [2.75, 3.05) is 19.1 Å². The highest BCUT2D eigenvalue weighted by Gasteiger charge is 2.17. The van der Waals surface area contributed by atoms with E-state index >= 15 is 0 Å². The van der Waals surface area contributed by atoms with Crippen LogP contribution >= 0.6 is 12.2 Å². The molecule has 0 radical (unpaired) electrons. The Kier molecular flexibility index (Phi) is 4.42. The molecule has 4 heteroatoms. The van der Waals surface area contributed by atoms with E-state index in [0.29, 0.717) is 6.04 Å². The van der Waals surface area contributed by atoms with E-state index in [9.17, 15) is 0 Å². The number of thiocarbonyl (C=S) groups is 1. The van der Waals surface area contributed by atoms with Gasteiger partial charge in [0.2, 0.25) is 0 Å². The second kappa shape index (κ2) is 6.05. The first-order chi connectivity index (χ1) is 8.70. The van der Waals surface area contributed by atoms with Crippen molar-refractivity contribution in [2.24, 2.45) is 0 Å². The van der Waals surface area contributed by atoms with Crippen molar-refractivity contribution < 1.29 is 4.74 Å². The molecule has 98 valence electrons. The van der Waals surface area contributed by atoms with Crippen LogP contribution in [-0.4, -0.2) is 25.3 Å². The molecule has 1 aromatic rings. The minimum atomic E-state index is 0.547. The van der Waals surface area contributed by atoms with E-state index in [0.717, 1.165) is 16.5 Å². The number of nitrogens with one attached hydrogen (secondary N) is 1. The fourth-order valence-electron chi connectivity index (χ4n) is 2.28. The number of methoxy groups -OCH3 is 1. The van der Waals surface area contributed by atoms with Gasteiger partial charge in [-0.1, -0.05) is 18.9 Å². The van der Waals surface area contributed by atoms with E-state index in [1.807, 2.05) is 36.2 Å². The smallest absolute Gasteiger partial charge is 0.173 e. The lowest BCUT2D eigenvalue weighted by atomic mass is 10.2. The molecule has 0 heterocycles. The third-order valence-electron chi connectivity index (χ3n) is 3.43. The van der Waals surface area contributed by atoms with Crippen LogP contribution < -0.4 is 15.0 Å². The molecule has 1 saturated carbocycles. The molecule has 1 aromatic carbocycles. The molecular weight excluding hydrogens is 244 g/mol. The first kappa shape index (κ1) is 13.1. The molecule has 18 heavy (non-hydrogen) atoms. The van der Waals surface area contributed by atoms with Crippen LogP contribution in [0.15, 0.2) is 24.3 Å². The number of hydrogen-bond donors (Lipinski definition) is 1. The zero-order valence-corrected chi connectivity index (χ0v) is 11.8. The van der Waals surface area contributed by atoms with Gasteiger partial charge < -0.3 is 15.0 Å². The van der Waals surface area contributed by atoms with E-state index < -0.39 is 0 Å². The molecule has 0 saturated heterocycles. The van der Waals surface area contributed by atoms with Gasteiger partial charge in [-0.2, -0.15) is 0 Å². The topological polar surface area (TPSA) is 24.5 Å². The largest absolute Gasteiger partial charge is 0.497 e. The van der Waals surface area contributed by atoms with Crippen molar-refractivity contribution in [3.05, 3.63) is 24.3 Å². The number of rotatable bonds is 3. The van der Waals surface area contributed by atoms with Crippen LogP contribution in [0.5, 0.6) is 5.75 Å². The number of anilines is 1. The summed E-state index contributed by atoms with van der Waals surface area (Å²) < 4.78 is 5.23. The molecule has 0 atom stereocenters. The van der Waals surface area contributed by atoms with Crippen molar-refractivity contribution in [2.45, 2.75) is 31.7 Å². The summed E-state index contributed by atoms with van der Waals surface area (Å²) in [5.74, 6) is 0.850. The zero-order valence-electron chi connectivity index (χ0n) is 11.0. The van der Waals surface area contributed by atoms with Gasteiger partial charge in [-0.3, -0.25) is 0 Å². The first-order valence-electron chi connectivity index (χ1n) is 6.39. The van der Waals surface area contributed by atoms with Gasteiger partial charge in [0, 0.05) is 24.8 Å². The van der Waals surface area contributed by atoms with Gasteiger partial charge in [-0.05, 0) is 37.2 Å². The summed E-state index contributed by atoms with van der Waals surface area (Å²) in [5.41, 5.74) is 1.05. The molecule has 0 aliphatic heterocycles. The van der Waals surface area contributed by atoms with Gasteiger partial charge in [0.25, 0.3) is 0 Å². The lowest BCUT2D eigenvalue weighted by Crippen LogP contribution is -2.41. The Hall–Kier alpha value is -1.29. The van der Waals surface area contributed by atoms with Crippen LogP contribution in [-0.2, 0) is 0 Å². The van der Waals surface area contributed by atoms with Gasteiger partial charge in [-0.25, -0.2) is 0 Å². The van der Waals surface area contributed by atoms with Crippen LogP contribution in [0.1, 0.15) is 25.7 Å². The molecule has 0 spiro atoms. The first-order valence-corrected chi connectivity index (χ1v) is 6.80. The summed E-state index contributed by atoms with van der Waals surface area (Å²) >= 11 is 5.45. The predicted octanol–water partition coefficient (Wildman–Crippen LogP) is 2.95. The predicted molar refractivity (Wildman–Crippen MR) is 79.4 cm³/mol. The maximum Gasteiger partial charge on any atom is 0.173 e. The summed E-state index contributed by atoms with van der Waals surface area (Å²) in [5, 5.41) is 4.22. The van der Waals surface area contributed by atoms with Gasteiger partial charge in [0.15, 0.2) is 5.11 Å². The Morgan fingerprint density at radius 3 is 2.78 bits per heavy atom. The minimum Gasteiger partial charge on any atom is -0.497 e. The molecule has 1 N–H and O–H groups in total. The SMILES string of the molecule is COc1cccc(N(C)C(=S)NC2CCCC2)c1. The minimum absolute atomic E-state index is 0.547. The normalized spacial score (nSPS) is 15.4. The average Bonchev–Trinajstić information content (AvgIpc) is 2.90. The Morgan fingerprint density at radius 1 is 1.39 bits per heavy atom. The highest BCUT2D eigenvalue weighted by Crippen LogP contribution is 2.21. The maximum atomic E-state index is 5.45. The maximum absolute atomic E-state index is 5.45. The van der Waals surface area contributed by atoms with E-state index in [1.165, 1.54) is 25.7 Å². The van der Waals surface area contributed by atoms with Crippen molar-refractivity contribution in [3.8, 4) is 5.75 Å². The lowest BCUT2D eigenvalue weighted by molar-refractivity contribution is 0.415. The molecule has 0 unspecified atom stereocenters. The molecule has 0 amide bonds. The highest BCUT2D eigenvalue weighted by atomic mass is 32.1. The highest BCUT2D eigenvalue weighted by molar-refractivity contribution is 7.80. The fraction of sp³-hybridized carbons (Fsp3) is 0.500. The number of ether oxygens (including phenoxy) is 1. The second-order valence-electron chi connectivity index (χ2n) is 4.69. The Labute approximate surface area is 114 Å². The molecule has 1 aliphatic rings. The van der Waals surface area contributed by atoms with E-state index in [1.54, 1.807) is 7.11 Å². The summed E-state index contributed by atoms with van der Waals surface area (Å²) in [7, 11) is 3.66. The van der Waals surface area contributed by atoms with Crippen LogP contribution in [0, 0.1) is 0 Å². The summed E-state index contributed by atoms with van der Waals surface area (Å²) in [6.07, 6.45) is 5.07. The van der Waals surface area contributed by atoms with E-state index in [-0.39, 0.29) is 0 Å². The quantitative estimate of drug-likeness (QED) is 0.848. The van der Waals surface area contributed by atoms with Crippen molar-refractivity contribution >= 4 is 23.0 Å². The Morgan fingerprint density at radius 2 is 2.11 bits per heavy atom. The molecule has 0 bridgehead atoms. The third-order valence-corrected chi connectivity index (χ3v) is 3.82. The average molecular weight is 264 g/mol. The van der Waals surface area contributed by atoms with E-state index in [2.05, 4.69) is 5.32 Å². The molecule has 1 aliphatic carbocycles. The van der Waals surface area contributed by atoms with Crippen LogP contribution in [0.25, 0.3) is 0 Å². The fourth-order valence-corrected chi connectivity index (χ4v) is 2.55.